The number of rotatable bonds is 1. The second-order valence-corrected chi connectivity index (χ2v) is 5.22. The standard InChI is InChI=1S/C10H19N2O2/c1-7(2)8-11(13)9(3,4)10(5,6)12(8)14/h7H,1-6H3. The van der Waals surface area contributed by atoms with Gasteiger partial charge < -0.3 is 5.21 Å². The van der Waals surface area contributed by atoms with Crippen molar-refractivity contribution in [3.8, 4) is 0 Å². The summed E-state index contributed by atoms with van der Waals surface area (Å²) in [6.07, 6.45) is 0. The van der Waals surface area contributed by atoms with Gasteiger partial charge in [-0.05, 0) is 27.7 Å². The van der Waals surface area contributed by atoms with E-state index in [1.807, 2.05) is 13.8 Å². The van der Waals surface area contributed by atoms with Crippen LogP contribution < -0.4 is 0 Å². The Bertz CT molecular complexity index is 280. The fourth-order valence-electron chi connectivity index (χ4n) is 1.62. The van der Waals surface area contributed by atoms with E-state index in [0.29, 0.717) is 5.84 Å². The lowest BCUT2D eigenvalue weighted by Gasteiger charge is -2.32. The van der Waals surface area contributed by atoms with E-state index in [1.54, 1.807) is 27.7 Å². The number of nitrogens with zero attached hydrogens (tertiary/aromatic N) is 2. The Kier molecular flexibility index (Phi) is 2.31. The van der Waals surface area contributed by atoms with E-state index >= 15 is 0 Å². The molecule has 14 heavy (non-hydrogen) atoms. The minimum Gasteiger partial charge on any atom is -0.715 e. The molecule has 0 saturated heterocycles. The van der Waals surface area contributed by atoms with Gasteiger partial charge in [0.25, 0.3) is 5.84 Å². The molecule has 0 spiro atoms. The largest absolute Gasteiger partial charge is 0.715 e. The van der Waals surface area contributed by atoms with Crippen molar-refractivity contribution in [3.05, 3.63) is 5.21 Å². The molecule has 0 amide bonds. The SMILES string of the molecule is CC(C)C1=[N+]([O-])C(C)(C)C(C)(C)N1[O]. The molecule has 81 valence electrons. The van der Waals surface area contributed by atoms with Crippen LogP contribution in [0.3, 0.4) is 0 Å². The van der Waals surface area contributed by atoms with Crippen LogP contribution in [0.25, 0.3) is 0 Å². The van der Waals surface area contributed by atoms with E-state index in [9.17, 15) is 10.4 Å². The Morgan fingerprint density at radius 2 is 1.71 bits per heavy atom. The van der Waals surface area contributed by atoms with E-state index in [2.05, 4.69) is 0 Å². The molecule has 0 saturated carbocycles. The highest BCUT2D eigenvalue weighted by molar-refractivity contribution is 5.80. The van der Waals surface area contributed by atoms with Gasteiger partial charge in [-0.25, -0.2) is 0 Å². The smallest absolute Gasteiger partial charge is 0.287 e. The van der Waals surface area contributed by atoms with Gasteiger partial charge in [0.15, 0.2) is 5.54 Å². The zero-order valence-corrected chi connectivity index (χ0v) is 9.79. The Labute approximate surface area is 85.4 Å². The van der Waals surface area contributed by atoms with Crippen LogP contribution in [0.1, 0.15) is 41.5 Å². The fraction of sp³-hybridized carbons (Fsp3) is 0.900. The summed E-state index contributed by atoms with van der Waals surface area (Å²) in [6.45, 7) is 11.0. The molecule has 0 aromatic heterocycles. The van der Waals surface area contributed by atoms with Crippen molar-refractivity contribution in [2.45, 2.75) is 52.6 Å². The van der Waals surface area contributed by atoms with Gasteiger partial charge in [-0.2, -0.15) is 0 Å². The lowest BCUT2D eigenvalue weighted by atomic mass is 9.84. The minimum absolute atomic E-state index is 0.0361. The first-order valence-electron chi connectivity index (χ1n) is 4.95. The van der Waals surface area contributed by atoms with Crippen molar-refractivity contribution in [2.24, 2.45) is 5.92 Å². The molecule has 0 atom stereocenters. The van der Waals surface area contributed by atoms with Crippen molar-refractivity contribution >= 4 is 5.84 Å². The molecule has 0 aliphatic carbocycles. The van der Waals surface area contributed by atoms with E-state index in [0.717, 1.165) is 9.80 Å². The fourth-order valence-corrected chi connectivity index (χ4v) is 1.62. The molecular formula is C10H19N2O2. The quantitative estimate of drug-likeness (QED) is 0.477. The van der Waals surface area contributed by atoms with Crippen LogP contribution in [0.4, 0.5) is 0 Å². The molecule has 1 aliphatic rings. The summed E-state index contributed by atoms with van der Waals surface area (Å²) in [5.41, 5.74) is -1.34. The Balaban J connectivity index is 3.27. The highest BCUT2D eigenvalue weighted by Crippen LogP contribution is 2.37. The second kappa shape index (κ2) is 2.86. The lowest BCUT2D eigenvalue weighted by molar-refractivity contribution is -0.541. The van der Waals surface area contributed by atoms with Crippen LogP contribution in [-0.2, 0) is 5.21 Å². The van der Waals surface area contributed by atoms with Gasteiger partial charge in [-0.1, -0.05) is 18.9 Å². The Hall–Kier alpha value is -0.770. The Morgan fingerprint density at radius 3 is 1.86 bits per heavy atom. The molecule has 4 nitrogen and oxygen atoms in total. The summed E-state index contributed by atoms with van der Waals surface area (Å²) in [4.78, 5) is 0. The zero-order valence-electron chi connectivity index (χ0n) is 9.79. The van der Waals surface area contributed by atoms with Gasteiger partial charge in [0, 0.05) is 5.21 Å². The van der Waals surface area contributed by atoms with Crippen molar-refractivity contribution < 1.29 is 9.95 Å². The van der Waals surface area contributed by atoms with Crippen LogP contribution in [0.2, 0.25) is 0 Å². The average Bonchev–Trinajstić information content (AvgIpc) is 2.12. The van der Waals surface area contributed by atoms with E-state index in [1.165, 1.54) is 0 Å². The molecule has 1 radical (unpaired) electrons. The normalized spacial score (nSPS) is 25.0. The molecule has 0 bridgehead atoms. The zero-order chi connectivity index (χ0) is 11.3. The van der Waals surface area contributed by atoms with Crippen LogP contribution in [0.5, 0.6) is 0 Å². The van der Waals surface area contributed by atoms with Crippen molar-refractivity contribution in [1.82, 2.24) is 5.06 Å². The maximum atomic E-state index is 11.9. The molecule has 0 fully saturated rings. The van der Waals surface area contributed by atoms with E-state index in [4.69, 9.17) is 0 Å². The molecule has 0 aromatic rings. The van der Waals surface area contributed by atoms with Crippen LogP contribution in [0, 0.1) is 11.1 Å². The first-order valence-corrected chi connectivity index (χ1v) is 4.95. The number of hydrogen-bond donors (Lipinski definition) is 0. The predicted octanol–water partition coefficient (Wildman–Crippen LogP) is 1.77. The minimum atomic E-state index is -0.672. The van der Waals surface area contributed by atoms with Crippen LogP contribution >= 0.6 is 0 Å². The van der Waals surface area contributed by atoms with Crippen LogP contribution in [0.15, 0.2) is 0 Å². The highest BCUT2D eigenvalue weighted by atomic mass is 16.5. The second-order valence-electron chi connectivity index (χ2n) is 5.22. The molecular weight excluding hydrogens is 180 g/mol. The average molecular weight is 199 g/mol. The van der Waals surface area contributed by atoms with Crippen molar-refractivity contribution in [3.63, 3.8) is 0 Å². The van der Waals surface area contributed by atoms with Gasteiger partial charge in [0.1, 0.15) is 5.54 Å². The molecule has 4 heteroatoms. The monoisotopic (exact) mass is 199 g/mol. The predicted molar refractivity (Wildman–Crippen MR) is 54.2 cm³/mol. The van der Waals surface area contributed by atoms with Crippen molar-refractivity contribution in [1.29, 1.82) is 0 Å². The molecule has 0 unspecified atom stereocenters. The summed E-state index contributed by atoms with van der Waals surface area (Å²) in [5.74, 6) is 0.297. The maximum Gasteiger partial charge on any atom is 0.287 e. The maximum absolute atomic E-state index is 11.9. The topological polar surface area (TPSA) is 49.2 Å². The highest BCUT2D eigenvalue weighted by Gasteiger charge is 2.59. The summed E-state index contributed by atoms with van der Waals surface area (Å²) < 4.78 is 0.866. The Morgan fingerprint density at radius 1 is 1.29 bits per heavy atom. The van der Waals surface area contributed by atoms with Gasteiger partial charge >= 0.3 is 0 Å². The first-order chi connectivity index (χ1) is 6.14. The third-order valence-corrected chi connectivity index (χ3v) is 3.45. The van der Waals surface area contributed by atoms with Gasteiger partial charge in [0.05, 0.1) is 5.92 Å². The number of hydrogen-bond acceptors (Lipinski definition) is 2. The summed E-state index contributed by atoms with van der Waals surface area (Å²) in [6, 6.07) is 0. The van der Waals surface area contributed by atoms with Crippen LogP contribution in [-0.4, -0.2) is 26.7 Å². The first kappa shape index (κ1) is 11.3. The molecule has 1 aliphatic heterocycles. The summed E-state index contributed by atoms with van der Waals surface area (Å²) in [5, 5.41) is 24.7. The molecule has 0 N–H and O–H groups in total. The third kappa shape index (κ3) is 1.13. The van der Waals surface area contributed by atoms with E-state index in [-0.39, 0.29) is 5.92 Å². The molecule has 1 rings (SSSR count). The number of hydroxylamine groups is 3. The van der Waals surface area contributed by atoms with Crippen molar-refractivity contribution in [2.75, 3.05) is 0 Å². The number of amidine groups is 1. The van der Waals surface area contributed by atoms with Gasteiger partial charge in [-0.3, -0.25) is 4.74 Å². The summed E-state index contributed by atoms with van der Waals surface area (Å²) >= 11 is 0. The molecule has 0 aromatic carbocycles. The van der Waals surface area contributed by atoms with Gasteiger partial charge in [-0.15, -0.1) is 0 Å². The van der Waals surface area contributed by atoms with Gasteiger partial charge in [0.2, 0.25) is 0 Å². The lowest BCUT2D eigenvalue weighted by Crippen LogP contribution is -2.53. The summed E-state index contributed by atoms with van der Waals surface area (Å²) in [7, 11) is 0. The molecule has 1 heterocycles. The third-order valence-electron chi connectivity index (χ3n) is 3.45. The van der Waals surface area contributed by atoms with E-state index < -0.39 is 11.1 Å².